The summed E-state index contributed by atoms with van der Waals surface area (Å²) in [7, 11) is 0. The fourth-order valence-electron chi connectivity index (χ4n) is 7.68. The molecule has 0 radical (unpaired) electrons. The van der Waals surface area contributed by atoms with Crippen molar-refractivity contribution in [1.29, 1.82) is 5.26 Å². The molecule has 0 aliphatic rings. The van der Waals surface area contributed by atoms with E-state index in [1.54, 1.807) is 0 Å². The maximum Gasteiger partial charge on any atom is 0.0992 e. The Hall–Kier alpha value is -6.76. The summed E-state index contributed by atoms with van der Waals surface area (Å²) in [5, 5.41) is 19.6. The van der Waals surface area contributed by atoms with Crippen LogP contribution in [-0.2, 0) is 0 Å². The second kappa shape index (κ2) is 10.6. The van der Waals surface area contributed by atoms with Crippen molar-refractivity contribution in [2.75, 3.05) is 0 Å². The second-order valence-corrected chi connectivity index (χ2v) is 12.8. The lowest BCUT2D eigenvalue weighted by Crippen LogP contribution is -1.93. The standard InChI is InChI=1S/C46H27N3/c47-27-29-8-18-41-42-19-17-32(26-44(42)49(43(41)21-29)40-6-2-1-3-7-40)30-9-11-31(12-10-30)38-22-33-13-15-35-24-39(37-5-4-20-48-28-37)25-36-16-14-34(23-38)45(33)46(35)36/h1-26,28H. The summed E-state index contributed by atoms with van der Waals surface area (Å²) < 4.78 is 2.27. The molecule has 0 spiro atoms. The zero-order valence-electron chi connectivity index (χ0n) is 26.4. The molecule has 0 atom stereocenters. The first-order valence-electron chi connectivity index (χ1n) is 16.5. The highest BCUT2D eigenvalue weighted by Crippen LogP contribution is 2.40. The van der Waals surface area contributed by atoms with Gasteiger partial charge in [-0.1, -0.05) is 91.0 Å². The third kappa shape index (κ3) is 4.32. The first-order valence-corrected chi connectivity index (χ1v) is 16.5. The van der Waals surface area contributed by atoms with E-state index in [-0.39, 0.29) is 0 Å². The number of hydrogen-bond donors (Lipinski definition) is 0. The van der Waals surface area contributed by atoms with Gasteiger partial charge in [-0.3, -0.25) is 4.98 Å². The molecule has 8 aromatic carbocycles. The lowest BCUT2D eigenvalue weighted by Gasteiger charge is -2.14. The van der Waals surface area contributed by atoms with Crippen molar-refractivity contribution in [2.45, 2.75) is 0 Å². The molecular weight excluding hydrogens is 595 g/mol. The molecule has 0 N–H and O–H groups in total. The molecule has 0 aliphatic carbocycles. The normalized spacial score (nSPS) is 11.7. The van der Waals surface area contributed by atoms with Crippen LogP contribution < -0.4 is 0 Å². The van der Waals surface area contributed by atoms with Crippen molar-refractivity contribution in [3.8, 4) is 45.1 Å². The van der Waals surface area contributed by atoms with E-state index in [1.807, 2.05) is 36.7 Å². The molecule has 226 valence electrons. The minimum absolute atomic E-state index is 0.658. The number of pyridine rings is 1. The topological polar surface area (TPSA) is 41.6 Å². The molecule has 0 saturated heterocycles. The second-order valence-electron chi connectivity index (χ2n) is 12.8. The first kappa shape index (κ1) is 27.4. The maximum atomic E-state index is 9.64. The first-order chi connectivity index (χ1) is 24.2. The van der Waals surface area contributed by atoms with Gasteiger partial charge in [-0.2, -0.15) is 5.26 Å². The number of hydrogen-bond acceptors (Lipinski definition) is 2. The highest BCUT2D eigenvalue weighted by Gasteiger charge is 2.15. The molecule has 10 rings (SSSR count). The molecule has 0 aliphatic heterocycles. The van der Waals surface area contributed by atoms with Gasteiger partial charge in [0.25, 0.3) is 0 Å². The number of nitriles is 1. The Morgan fingerprint density at radius 3 is 1.59 bits per heavy atom. The lowest BCUT2D eigenvalue weighted by atomic mass is 9.89. The zero-order chi connectivity index (χ0) is 32.5. The van der Waals surface area contributed by atoms with E-state index in [0.717, 1.165) is 38.8 Å². The van der Waals surface area contributed by atoms with Gasteiger partial charge in [0.2, 0.25) is 0 Å². The molecule has 10 aromatic rings. The Morgan fingerprint density at radius 1 is 0.449 bits per heavy atom. The van der Waals surface area contributed by atoms with Crippen molar-refractivity contribution >= 4 is 54.1 Å². The van der Waals surface area contributed by atoms with Crippen molar-refractivity contribution in [2.24, 2.45) is 0 Å². The zero-order valence-corrected chi connectivity index (χ0v) is 26.4. The van der Waals surface area contributed by atoms with Crippen molar-refractivity contribution in [3.05, 3.63) is 170 Å². The number of aromatic nitrogens is 2. The van der Waals surface area contributed by atoms with Gasteiger partial charge in [0.15, 0.2) is 0 Å². The number of fused-ring (bicyclic) bond motifs is 3. The summed E-state index contributed by atoms with van der Waals surface area (Å²) in [4.78, 5) is 4.33. The van der Waals surface area contributed by atoms with Crippen molar-refractivity contribution in [1.82, 2.24) is 9.55 Å². The minimum Gasteiger partial charge on any atom is -0.309 e. The third-order valence-electron chi connectivity index (χ3n) is 9.99. The molecule has 2 heterocycles. The number of para-hydroxylation sites is 1. The van der Waals surface area contributed by atoms with Gasteiger partial charge < -0.3 is 4.57 Å². The van der Waals surface area contributed by atoms with Crippen LogP contribution in [0.15, 0.2) is 164 Å². The van der Waals surface area contributed by atoms with E-state index in [0.29, 0.717) is 5.56 Å². The fourth-order valence-corrected chi connectivity index (χ4v) is 7.68. The van der Waals surface area contributed by atoms with Crippen LogP contribution in [0, 0.1) is 11.3 Å². The van der Waals surface area contributed by atoms with Crippen LogP contribution >= 0.6 is 0 Å². The predicted octanol–water partition coefficient (Wildman–Crippen LogP) is 11.9. The highest BCUT2D eigenvalue weighted by molar-refractivity contribution is 6.24. The summed E-state index contributed by atoms with van der Waals surface area (Å²) in [6.07, 6.45) is 3.75. The van der Waals surface area contributed by atoms with Gasteiger partial charge in [0.05, 0.1) is 22.7 Å². The van der Waals surface area contributed by atoms with E-state index >= 15 is 0 Å². The van der Waals surface area contributed by atoms with E-state index in [2.05, 4.69) is 143 Å². The molecule has 49 heavy (non-hydrogen) atoms. The van der Waals surface area contributed by atoms with Gasteiger partial charge in [-0.05, 0) is 121 Å². The largest absolute Gasteiger partial charge is 0.309 e. The smallest absolute Gasteiger partial charge is 0.0992 e. The third-order valence-corrected chi connectivity index (χ3v) is 9.99. The summed E-state index contributed by atoms with van der Waals surface area (Å²) >= 11 is 0. The summed E-state index contributed by atoms with van der Waals surface area (Å²) in [5.74, 6) is 0. The molecule has 3 nitrogen and oxygen atoms in total. The Kier molecular flexibility index (Phi) is 5.94. The molecule has 0 saturated carbocycles. The average molecular weight is 622 g/mol. The van der Waals surface area contributed by atoms with E-state index in [9.17, 15) is 5.26 Å². The Balaban J connectivity index is 1.05. The van der Waals surface area contributed by atoms with Crippen LogP contribution in [-0.4, -0.2) is 9.55 Å². The van der Waals surface area contributed by atoms with Gasteiger partial charge in [-0.15, -0.1) is 0 Å². The summed E-state index contributed by atoms with van der Waals surface area (Å²) in [6, 6.07) is 56.6. The monoisotopic (exact) mass is 621 g/mol. The molecule has 0 unspecified atom stereocenters. The molecule has 0 fully saturated rings. The van der Waals surface area contributed by atoms with Crippen LogP contribution in [0.25, 0.3) is 93.2 Å². The number of benzene rings is 8. The van der Waals surface area contributed by atoms with Gasteiger partial charge in [0.1, 0.15) is 0 Å². The van der Waals surface area contributed by atoms with Crippen LogP contribution in [0.2, 0.25) is 0 Å². The van der Waals surface area contributed by atoms with Crippen molar-refractivity contribution < 1.29 is 0 Å². The van der Waals surface area contributed by atoms with E-state index in [4.69, 9.17) is 0 Å². The highest BCUT2D eigenvalue weighted by atomic mass is 15.0. The number of nitrogens with zero attached hydrogens (tertiary/aromatic N) is 3. The van der Waals surface area contributed by atoms with Gasteiger partial charge in [0, 0.05) is 34.4 Å². The summed E-state index contributed by atoms with van der Waals surface area (Å²) in [6.45, 7) is 0. The minimum atomic E-state index is 0.658. The Labute approximate surface area is 282 Å². The van der Waals surface area contributed by atoms with E-state index < -0.39 is 0 Å². The van der Waals surface area contributed by atoms with Crippen LogP contribution in [0.5, 0.6) is 0 Å². The van der Waals surface area contributed by atoms with Crippen molar-refractivity contribution in [3.63, 3.8) is 0 Å². The molecule has 0 bridgehead atoms. The van der Waals surface area contributed by atoms with Crippen LogP contribution in [0.3, 0.4) is 0 Å². The van der Waals surface area contributed by atoms with Gasteiger partial charge in [-0.25, -0.2) is 0 Å². The average Bonchev–Trinajstić information content (AvgIpc) is 3.50. The molecular formula is C46H27N3. The lowest BCUT2D eigenvalue weighted by molar-refractivity contribution is 1.18. The van der Waals surface area contributed by atoms with Gasteiger partial charge >= 0.3 is 0 Å². The molecule has 2 aromatic heterocycles. The van der Waals surface area contributed by atoms with Crippen LogP contribution in [0.1, 0.15) is 5.56 Å². The number of rotatable bonds is 4. The summed E-state index contributed by atoms with van der Waals surface area (Å²) in [5.41, 5.74) is 10.9. The fraction of sp³-hybridized carbons (Fsp3) is 0. The molecule has 0 amide bonds. The maximum absolute atomic E-state index is 9.64. The van der Waals surface area contributed by atoms with Crippen LogP contribution in [0.4, 0.5) is 0 Å². The quantitative estimate of drug-likeness (QED) is 0.184. The predicted molar refractivity (Wildman–Crippen MR) is 203 cm³/mol. The Bertz CT molecular complexity index is 2850. The molecule has 3 heteroatoms. The van der Waals surface area contributed by atoms with E-state index in [1.165, 1.54) is 54.4 Å². The SMILES string of the molecule is N#Cc1ccc2c3ccc(-c4ccc(-c5cc6ccc7cc(-c8cccnc8)cc8ccc(c5)c6c78)cc4)cc3n(-c3ccccc3)c2c1. The Morgan fingerprint density at radius 2 is 1.00 bits per heavy atom.